The van der Waals surface area contributed by atoms with Crippen molar-refractivity contribution in [2.24, 2.45) is 0 Å². The number of hydrogen-bond acceptors (Lipinski definition) is 3. The average molecular weight is 630 g/mol. The summed E-state index contributed by atoms with van der Waals surface area (Å²) in [5.74, 6) is -0.0923. The molecule has 1 amide bonds. The minimum atomic E-state index is -0.872. The normalized spacial score (nSPS) is 13.6. The summed E-state index contributed by atoms with van der Waals surface area (Å²) in [6, 6.07) is -0.647. The van der Waals surface area contributed by atoms with E-state index in [1.807, 2.05) is 6.08 Å². The Kier molecular flexibility index (Phi) is 35.5. The number of carbonyl (C=O) groups excluding carboxylic acids is 1. The fraction of sp³-hybridized carbons (Fsp3) is 0.780. The van der Waals surface area contributed by atoms with E-state index >= 15 is 0 Å². The van der Waals surface area contributed by atoms with Crippen molar-refractivity contribution in [1.29, 1.82) is 0 Å². The van der Waals surface area contributed by atoms with Gasteiger partial charge in [-0.25, -0.2) is 0 Å². The molecule has 0 aromatic heterocycles. The van der Waals surface area contributed by atoms with Gasteiger partial charge in [0.1, 0.15) is 0 Å². The fourth-order valence-corrected chi connectivity index (χ4v) is 5.50. The van der Waals surface area contributed by atoms with Gasteiger partial charge < -0.3 is 15.5 Å². The number of rotatable bonds is 34. The molecule has 0 aromatic carbocycles. The van der Waals surface area contributed by atoms with E-state index in [0.29, 0.717) is 6.42 Å². The van der Waals surface area contributed by atoms with E-state index in [4.69, 9.17) is 0 Å². The Labute approximate surface area is 280 Å². The number of aliphatic hydroxyl groups excluding tert-OH is 2. The van der Waals surface area contributed by atoms with Crippen LogP contribution in [0.2, 0.25) is 0 Å². The highest BCUT2D eigenvalue weighted by atomic mass is 16.3. The van der Waals surface area contributed by atoms with Crippen LogP contribution in [0.4, 0.5) is 0 Å². The zero-order chi connectivity index (χ0) is 32.9. The van der Waals surface area contributed by atoms with Crippen molar-refractivity contribution < 1.29 is 15.0 Å². The van der Waals surface area contributed by atoms with Crippen LogP contribution in [0.3, 0.4) is 0 Å². The third-order valence-corrected chi connectivity index (χ3v) is 8.49. The predicted molar refractivity (Wildman–Crippen MR) is 198 cm³/mol. The Morgan fingerprint density at radius 2 is 0.911 bits per heavy atom. The standard InChI is InChI=1S/C41H75NO3/c1-3-5-7-9-11-13-15-16-17-18-19-20-21-22-23-24-25-26-27-28-30-32-34-36-40(44)39(38-43)42-41(45)37-35-33-31-29-14-12-10-8-6-4-2/h8,10,23-24,27-28,34,36,39-40,43-44H,3-7,9,11-22,25-26,29-33,35,37-38H2,1-2H3,(H,42,45)/b10-8-,24-23+,28-27+,36-34+. The van der Waals surface area contributed by atoms with Gasteiger partial charge in [0.15, 0.2) is 0 Å². The zero-order valence-corrected chi connectivity index (χ0v) is 29.9. The largest absolute Gasteiger partial charge is 0.394 e. The van der Waals surface area contributed by atoms with Gasteiger partial charge in [0, 0.05) is 6.42 Å². The van der Waals surface area contributed by atoms with Crippen molar-refractivity contribution >= 4 is 5.91 Å². The molecule has 0 bridgehead atoms. The Morgan fingerprint density at radius 3 is 1.38 bits per heavy atom. The van der Waals surface area contributed by atoms with E-state index in [1.54, 1.807) is 6.08 Å². The quantitative estimate of drug-likeness (QED) is 0.0490. The second kappa shape index (κ2) is 36.8. The average Bonchev–Trinajstić information content (AvgIpc) is 3.04. The van der Waals surface area contributed by atoms with Gasteiger partial charge in [0.05, 0.1) is 18.8 Å². The van der Waals surface area contributed by atoms with Gasteiger partial charge in [0.25, 0.3) is 0 Å². The Bertz CT molecular complexity index is 726. The summed E-state index contributed by atoms with van der Waals surface area (Å²) in [6.07, 6.45) is 49.3. The molecule has 0 heterocycles. The first-order valence-electron chi connectivity index (χ1n) is 19.4. The van der Waals surface area contributed by atoms with Gasteiger partial charge in [-0.2, -0.15) is 0 Å². The number of amides is 1. The fourth-order valence-electron chi connectivity index (χ4n) is 5.50. The maximum Gasteiger partial charge on any atom is 0.220 e. The summed E-state index contributed by atoms with van der Waals surface area (Å²) in [4.78, 5) is 12.2. The molecule has 262 valence electrons. The Morgan fingerprint density at radius 1 is 0.511 bits per heavy atom. The van der Waals surface area contributed by atoms with Gasteiger partial charge in [-0.1, -0.05) is 165 Å². The van der Waals surface area contributed by atoms with Gasteiger partial charge in [-0.05, 0) is 64.2 Å². The number of hydrogen-bond donors (Lipinski definition) is 3. The van der Waals surface area contributed by atoms with Crippen molar-refractivity contribution in [2.75, 3.05) is 6.61 Å². The summed E-state index contributed by atoms with van der Waals surface area (Å²) >= 11 is 0. The maximum atomic E-state index is 12.2. The molecule has 2 unspecified atom stereocenters. The van der Waals surface area contributed by atoms with E-state index in [9.17, 15) is 15.0 Å². The Hall–Kier alpha value is -1.65. The molecule has 0 aliphatic carbocycles. The molecule has 0 rings (SSSR count). The molecular formula is C41H75NO3. The van der Waals surface area contributed by atoms with Crippen LogP contribution in [0.1, 0.15) is 187 Å². The minimum absolute atomic E-state index is 0.0923. The number of allylic oxidation sites excluding steroid dienone is 7. The van der Waals surface area contributed by atoms with Crippen LogP contribution in [0, 0.1) is 0 Å². The van der Waals surface area contributed by atoms with Crippen molar-refractivity contribution in [1.82, 2.24) is 5.32 Å². The molecule has 4 nitrogen and oxygen atoms in total. The summed E-state index contributed by atoms with van der Waals surface area (Å²) < 4.78 is 0. The molecule has 4 heteroatoms. The smallest absolute Gasteiger partial charge is 0.220 e. The van der Waals surface area contributed by atoms with Crippen molar-refractivity contribution in [2.45, 2.75) is 199 Å². The SMILES string of the molecule is CCC/C=C\CCCCCCCC(=O)NC(CO)C(O)/C=C/CC/C=C/CC/C=C/CCCCCCCCCCCCCCC. The van der Waals surface area contributed by atoms with Crippen LogP contribution in [0.15, 0.2) is 48.6 Å². The predicted octanol–water partition coefficient (Wildman–Crippen LogP) is 11.6. The van der Waals surface area contributed by atoms with E-state index in [-0.39, 0.29) is 12.5 Å². The van der Waals surface area contributed by atoms with Crippen LogP contribution >= 0.6 is 0 Å². The minimum Gasteiger partial charge on any atom is -0.394 e. The van der Waals surface area contributed by atoms with Crippen LogP contribution < -0.4 is 5.32 Å². The van der Waals surface area contributed by atoms with E-state index in [2.05, 4.69) is 55.6 Å². The molecule has 3 N–H and O–H groups in total. The van der Waals surface area contributed by atoms with Crippen molar-refractivity contribution in [3.05, 3.63) is 48.6 Å². The molecule has 45 heavy (non-hydrogen) atoms. The topological polar surface area (TPSA) is 69.6 Å². The lowest BCUT2D eigenvalue weighted by atomic mass is 10.0. The van der Waals surface area contributed by atoms with Crippen LogP contribution in [0.5, 0.6) is 0 Å². The lowest BCUT2D eigenvalue weighted by Gasteiger charge is -2.19. The monoisotopic (exact) mass is 630 g/mol. The molecule has 2 atom stereocenters. The molecule has 0 aromatic rings. The highest BCUT2D eigenvalue weighted by Crippen LogP contribution is 2.13. The molecule has 0 fully saturated rings. The highest BCUT2D eigenvalue weighted by Gasteiger charge is 2.17. The van der Waals surface area contributed by atoms with Gasteiger partial charge in [-0.3, -0.25) is 4.79 Å². The molecule has 0 saturated heterocycles. The number of aliphatic hydroxyl groups is 2. The summed E-state index contributed by atoms with van der Waals surface area (Å²) in [5.41, 5.74) is 0. The lowest BCUT2D eigenvalue weighted by Crippen LogP contribution is -2.45. The summed E-state index contributed by atoms with van der Waals surface area (Å²) in [6.45, 7) is 4.21. The first kappa shape index (κ1) is 43.4. The summed E-state index contributed by atoms with van der Waals surface area (Å²) in [7, 11) is 0. The van der Waals surface area contributed by atoms with Crippen LogP contribution in [-0.2, 0) is 4.79 Å². The Balaban J connectivity index is 3.66. The van der Waals surface area contributed by atoms with Crippen molar-refractivity contribution in [3.8, 4) is 0 Å². The second-order valence-corrected chi connectivity index (χ2v) is 13.0. The van der Waals surface area contributed by atoms with Crippen LogP contribution in [-0.4, -0.2) is 34.9 Å². The third-order valence-electron chi connectivity index (χ3n) is 8.49. The summed E-state index contributed by atoms with van der Waals surface area (Å²) in [5, 5.41) is 22.8. The van der Waals surface area contributed by atoms with Crippen LogP contribution in [0.25, 0.3) is 0 Å². The van der Waals surface area contributed by atoms with E-state index in [0.717, 1.165) is 51.4 Å². The van der Waals surface area contributed by atoms with Gasteiger partial charge in [-0.15, -0.1) is 0 Å². The molecule has 0 aliphatic heterocycles. The van der Waals surface area contributed by atoms with Crippen molar-refractivity contribution in [3.63, 3.8) is 0 Å². The number of carbonyl (C=O) groups is 1. The molecule has 0 aliphatic rings. The maximum absolute atomic E-state index is 12.2. The molecule has 0 saturated carbocycles. The highest BCUT2D eigenvalue weighted by molar-refractivity contribution is 5.76. The first-order chi connectivity index (χ1) is 22.2. The van der Waals surface area contributed by atoms with E-state index in [1.165, 1.54) is 116 Å². The molecular weight excluding hydrogens is 554 g/mol. The molecule has 0 radical (unpaired) electrons. The lowest BCUT2D eigenvalue weighted by molar-refractivity contribution is -0.123. The van der Waals surface area contributed by atoms with Gasteiger partial charge >= 0.3 is 0 Å². The zero-order valence-electron chi connectivity index (χ0n) is 29.9. The third kappa shape index (κ3) is 33.5. The molecule has 0 spiro atoms. The first-order valence-corrected chi connectivity index (χ1v) is 19.4. The van der Waals surface area contributed by atoms with E-state index < -0.39 is 12.1 Å². The second-order valence-electron chi connectivity index (χ2n) is 13.0. The number of unbranched alkanes of at least 4 members (excludes halogenated alkanes) is 21. The number of nitrogens with one attached hydrogen (secondary N) is 1. The van der Waals surface area contributed by atoms with Gasteiger partial charge in [0.2, 0.25) is 5.91 Å².